The lowest BCUT2D eigenvalue weighted by Gasteiger charge is -2.20. The Hall–Kier alpha value is -0.900. The second-order valence-corrected chi connectivity index (χ2v) is 5.31. The minimum atomic E-state index is 0.167. The fraction of sp³-hybridized carbons (Fsp3) is 0.833. The summed E-state index contributed by atoms with van der Waals surface area (Å²) in [6.07, 6.45) is 2.42. The molecule has 4 heteroatoms. The molecule has 4 nitrogen and oxygen atoms in total. The fourth-order valence-electron chi connectivity index (χ4n) is 1.79. The van der Waals surface area contributed by atoms with Crippen LogP contribution in [0.2, 0.25) is 0 Å². The summed E-state index contributed by atoms with van der Waals surface area (Å²) in [5, 5.41) is 7.53. The maximum absolute atomic E-state index is 5.37. The Morgan fingerprint density at radius 3 is 2.44 bits per heavy atom. The van der Waals surface area contributed by atoms with Gasteiger partial charge in [-0.3, -0.25) is 0 Å². The van der Waals surface area contributed by atoms with Gasteiger partial charge in [0.25, 0.3) is 0 Å². The first-order valence-electron chi connectivity index (χ1n) is 6.17. The molecule has 1 N–H and O–H groups in total. The van der Waals surface area contributed by atoms with E-state index in [-0.39, 0.29) is 6.04 Å². The van der Waals surface area contributed by atoms with Crippen LogP contribution in [0.5, 0.6) is 0 Å². The maximum Gasteiger partial charge on any atom is 0.244 e. The van der Waals surface area contributed by atoms with Gasteiger partial charge in [-0.25, -0.2) is 0 Å². The van der Waals surface area contributed by atoms with Crippen molar-refractivity contribution >= 4 is 0 Å². The smallest absolute Gasteiger partial charge is 0.244 e. The Balaban J connectivity index is 2.10. The lowest BCUT2D eigenvalue weighted by Crippen LogP contribution is -2.31. The zero-order chi connectivity index (χ0) is 11.7. The molecule has 0 aromatic carbocycles. The van der Waals surface area contributed by atoms with E-state index in [0.717, 1.165) is 11.7 Å². The first-order valence-corrected chi connectivity index (χ1v) is 6.17. The Morgan fingerprint density at radius 1 is 1.25 bits per heavy atom. The maximum atomic E-state index is 5.37. The third-order valence-corrected chi connectivity index (χ3v) is 2.85. The summed E-state index contributed by atoms with van der Waals surface area (Å²) in [7, 11) is 0. The SMILES string of the molecule is CC(C)NC(c1nc(C2CC2)no1)C(C)C. The Labute approximate surface area is 96.8 Å². The van der Waals surface area contributed by atoms with Gasteiger partial charge in [-0.05, 0) is 18.8 Å². The molecule has 90 valence electrons. The van der Waals surface area contributed by atoms with Crippen molar-refractivity contribution in [1.82, 2.24) is 15.5 Å². The van der Waals surface area contributed by atoms with Gasteiger partial charge >= 0.3 is 0 Å². The minimum absolute atomic E-state index is 0.167. The molecular formula is C12H21N3O. The molecule has 1 aliphatic rings. The fourth-order valence-corrected chi connectivity index (χ4v) is 1.79. The van der Waals surface area contributed by atoms with Crippen LogP contribution in [0, 0.1) is 5.92 Å². The monoisotopic (exact) mass is 223 g/mol. The lowest BCUT2D eigenvalue weighted by atomic mass is 10.0. The van der Waals surface area contributed by atoms with Crippen LogP contribution >= 0.6 is 0 Å². The molecule has 0 amide bonds. The molecule has 1 aromatic rings. The molecule has 1 aromatic heterocycles. The zero-order valence-corrected chi connectivity index (χ0v) is 10.5. The molecule has 1 aliphatic carbocycles. The molecule has 2 rings (SSSR count). The van der Waals surface area contributed by atoms with E-state index in [1.165, 1.54) is 12.8 Å². The van der Waals surface area contributed by atoms with Crippen LogP contribution < -0.4 is 5.32 Å². The first kappa shape index (κ1) is 11.6. The van der Waals surface area contributed by atoms with Gasteiger partial charge in [-0.2, -0.15) is 4.98 Å². The molecule has 1 heterocycles. The van der Waals surface area contributed by atoms with E-state index in [1.54, 1.807) is 0 Å². The molecule has 0 spiro atoms. The van der Waals surface area contributed by atoms with Gasteiger partial charge in [0.05, 0.1) is 6.04 Å². The molecule has 1 unspecified atom stereocenters. The van der Waals surface area contributed by atoms with E-state index in [4.69, 9.17) is 4.52 Å². The summed E-state index contributed by atoms with van der Waals surface area (Å²) in [5.74, 6) is 2.65. The number of nitrogens with zero attached hydrogens (tertiary/aromatic N) is 2. The highest BCUT2D eigenvalue weighted by atomic mass is 16.5. The number of hydrogen-bond acceptors (Lipinski definition) is 4. The first-order chi connectivity index (χ1) is 7.58. The van der Waals surface area contributed by atoms with E-state index in [0.29, 0.717) is 17.9 Å². The molecule has 0 radical (unpaired) electrons. The molecule has 1 fully saturated rings. The van der Waals surface area contributed by atoms with Crippen molar-refractivity contribution < 1.29 is 4.52 Å². The van der Waals surface area contributed by atoms with Crippen molar-refractivity contribution in [3.05, 3.63) is 11.7 Å². The molecule has 1 atom stereocenters. The predicted molar refractivity (Wildman–Crippen MR) is 62.1 cm³/mol. The summed E-state index contributed by atoms with van der Waals surface area (Å²) < 4.78 is 5.37. The van der Waals surface area contributed by atoms with E-state index in [2.05, 4.69) is 43.2 Å². The van der Waals surface area contributed by atoms with E-state index in [9.17, 15) is 0 Å². The van der Waals surface area contributed by atoms with Crippen molar-refractivity contribution in [3.63, 3.8) is 0 Å². The number of rotatable bonds is 5. The van der Waals surface area contributed by atoms with E-state index < -0.39 is 0 Å². The molecule has 0 saturated heterocycles. The summed E-state index contributed by atoms with van der Waals surface area (Å²) in [6.45, 7) is 8.60. The predicted octanol–water partition coefficient (Wildman–Crippen LogP) is 2.64. The average Bonchev–Trinajstić information content (AvgIpc) is 2.93. The van der Waals surface area contributed by atoms with Gasteiger partial charge in [0.15, 0.2) is 5.82 Å². The number of nitrogens with one attached hydrogen (secondary N) is 1. The second-order valence-electron chi connectivity index (χ2n) is 5.31. The van der Waals surface area contributed by atoms with Crippen LogP contribution in [0.15, 0.2) is 4.52 Å². The average molecular weight is 223 g/mol. The van der Waals surface area contributed by atoms with Crippen LogP contribution in [-0.4, -0.2) is 16.2 Å². The third-order valence-electron chi connectivity index (χ3n) is 2.85. The van der Waals surface area contributed by atoms with Crippen LogP contribution in [0.3, 0.4) is 0 Å². The molecule has 16 heavy (non-hydrogen) atoms. The molecule has 1 saturated carbocycles. The van der Waals surface area contributed by atoms with Crippen LogP contribution in [0.25, 0.3) is 0 Å². The van der Waals surface area contributed by atoms with Gasteiger partial charge in [0.1, 0.15) is 0 Å². The van der Waals surface area contributed by atoms with Crippen molar-refractivity contribution in [2.24, 2.45) is 5.92 Å². The number of aromatic nitrogens is 2. The summed E-state index contributed by atoms with van der Waals surface area (Å²) in [4.78, 5) is 4.51. The number of hydrogen-bond donors (Lipinski definition) is 1. The third kappa shape index (κ3) is 2.61. The van der Waals surface area contributed by atoms with Gasteiger partial charge in [-0.1, -0.05) is 32.9 Å². The standard InChI is InChI=1S/C12H21N3O/c1-7(2)10(13-8(3)4)12-14-11(15-16-12)9-5-6-9/h7-10,13H,5-6H2,1-4H3. The Morgan fingerprint density at radius 2 is 1.94 bits per heavy atom. The summed E-state index contributed by atoms with van der Waals surface area (Å²) in [6, 6.07) is 0.587. The zero-order valence-electron chi connectivity index (χ0n) is 10.5. The van der Waals surface area contributed by atoms with Gasteiger partial charge < -0.3 is 9.84 Å². The van der Waals surface area contributed by atoms with Crippen LogP contribution in [0.4, 0.5) is 0 Å². The quantitative estimate of drug-likeness (QED) is 0.833. The van der Waals surface area contributed by atoms with E-state index in [1.807, 2.05) is 0 Å². The molecule has 0 aliphatic heterocycles. The van der Waals surface area contributed by atoms with Crippen LogP contribution in [-0.2, 0) is 0 Å². The lowest BCUT2D eigenvalue weighted by molar-refractivity contribution is 0.276. The summed E-state index contributed by atoms with van der Waals surface area (Å²) in [5.41, 5.74) is 0. The Kier molecular flexibility index (Phi) is 3.28. The van der Waals surface area contributed by atoms with Gasteiger partial charge in [0, 0.05) is 12.0 Å². The van der Waals surface area contributed by atoms with E-state index >= 15 is 0 Å². The second kappa shape index (κ2) is 4.53. The largest absolute Gasteiger partial charge is 0.338 e. The highest BCUT2D eigenvalue weighted by molar-refractivity contribution is 5.05. The molecule has 0 bridgehead atoms. The van der Waals surface area contributed by atoms with Crippen molar-refractivity contribution in [2.75, 3.05) is 0 Å². The van der Waals surface area contributed by atoms with Crippen molar-refractivity contribution in [1.29, 1.82) is 0 Å². The highest BCUT2D eigenvalue weighted by Gasteiger charge is 2.31. The minimum Gasteiger partial charge on any atom is -0.338 e. The highest BCUT2D eigenvalue weighted by Crippen LogP contribution is 2.38. The molecular weight excluding hydrogens is 202 g/mol. The van der Waals surface area contributed by atoms with Gasteiger partial charge in [0.2, 0.25) is 5.89 Å². The van der Waals surface area contributed by atoms with Gasteiger partial charge in [-0.15, -0.1) is 0 Å². The normalized spacial score (nSPS) is 18.4. The Bertz CT molecular complexity index is 342. The summed E-state index contributed by atoms with van der Waals surface area (Å²) >= 11 is 0. The van der Waals surface area contributed by atoms with Crippen LogP contribution in [0.1, 0.15) is 64.2 Å². The van der Waals surface area contributed by atoms with Crippen molar-refractivity contribution in [3.8, 4) is 0 Å². The van der Waals surface area contributed by atoms with Crippen molar-refractivity contribution in [2.45, 2.75) is 58.5 Å². The topological polar surface area (TPSA) is 51.0 Å².